The van der Waals surface area contributed by atoms with Crippen LogP contribution in [0.4, 0.5) is 11.4 Å². The van der Waals surface area contributed by atoms with Crippen molar-refractivity contribution in [3.05, 3.63) is 184 Å². The highest BCUT2D eigenvalue weighted by molar-refractivity contribution is 7.07. The summed E-state index contributed by atoms with van der Waals surface area (Å²) >= 11 is 1.53. The molecule has 2 aliphatic heterocycles. The smallest absolute Gasteiger partial charge is 0.249 e. The lowest BCUT2D eigenvalue weighted by Crippen LogP contribution is -2.47. The molecule has 4 amide bonds. The quantitative estimate of drug-likeness (QED) is 0.109. The van der Waals surface area contributed by atoms with E-state index in [1.165, 1.54) is 11.3 Å². The zero-order chi connectivity index (χ0) is 44.6. The number of hydrogen-bond donors (Lipinski definition) is 4. The molecule has 5 heterocycles. The summed E-state index contributed by atoms with van der Waals surface area (Å²) in [4.78, 5) is 67.4. The highest BCUT2D eigenvalue weighted by Crippen LogP contribution is 2.38. The lowest BCUT2D eigenvalue weighted by molar-refractivity contribution is -0.121. The minimum atomic E-state index is -0.662. The minimum absolute atomic E-state index is 0.0369. The van der Waals surface area contributed by atoms with Crippen LogP contribution in [0.15, 0.2) is 145 Å². The van der Waals surface area contributed by atoms with Gasteiger partial charge in [0.2, 0.25) is 23.6 Å². The number of hydrogen-bond acceptors (Lipinski definition) is 10. The molecule has 0 aliphatic carbocycles. The van der Waals surface area contributed by atoms with Gasteiger partial charge in [-0.3, -0.25) is 34.5 Å². The van der Waals surface area contributed by atoms with E-state index in [4.69, 9.17) is 17.2 Å². The average Bonchev–Trinajstić information content (AvgIpc) is 4.12. The molecular formula is C50H47N9O4S. The van der Waals surface area contributed by atoms with E-state index in [1.807, 2.05) is 109 Å². The summed E-state index contributed by atoms with van der Waals surface area (Å²) in [6, 6.07) is 33.5. The largest absolute Gasteiger partial charge is 0.366 e. The number of thiazole rings is 1. The maximum atomic E-state index is 13.9. The molecule has 64 heavy (non-hydrogen) atoms. The Bertz CT molecular complexity index is 2760. The fourth-order valence-electron chi connectivity index (χ4n) is 8.32. The van der Waals surface area contributed by atoms with E-state index in [-0.39, 0.29) is 11.8 Å². The Morgan fingerprint density at radius 2 is 1.11 bits per heavy atom. The Balaban J connectivity index is 0.000000178. The number of amides is 4. The average molecular weight is 870 g/mol. The molecule has 0 saturated heterocycles. The summed E-state index contributed by atoms with van der Waals surface area (Å²) < 4.78 is 0. The number of aromatic nitrogens is 3. The van der Waals surface area contributed by atoms with Crippen LogP contribution in [0.25, 0.3) is 22.3 Å². The predicted molar refractivity (Wildman–Crippen MR) is 250 cm³/mol. The van der Waals surface area contributed by atoms with Crippen molar-refractivity contribution in [2.45, 2.75) is 44.3 Å². The number of anilines is 2. The van der Waals surface area contributed by atoms with Gasteiger partial charge in [-0.1, -0.05) is 60.7 Å². The number of carbonyl (C=O) groups is 4. The first-order chi connectivity index (χ1) is 31.1. The molecular weight excluding hydrogens is 823 g/mol. The highest BCUT2D eigenvalue weighted by Gasteiger charge is 2.34. The summed E-state index contributed by atoms with van der Waals surface area (Å²) in [6.45, 7) is 1.48. The van der Waals surface area contributed by atoms with Gasteiger partial charge in [0.05, 0.1) is 23.3 Å². The van der Waals surface area contributed by atoms with Crippen molar-refractivity contribution in [1.82, 2.24) is 20.3 Å². The van der Waals surface area contributed by atoms with E-state index in [2.05, 4.69) is 20.3 Å². The number of benzene rings is 4. The van der Waals surface area contributed by atoms with Crippen LogP contribution in [0, 0.1) is 0 Å². The number of fused-ring (bicyclic) bond motifs is 2. The Morgan fingerprint density at radius 1 is 0.625 bits per heavy atom. The molecule has 4 aromatic carbocycles. The van der Waals surface area contributed by atoms with Gasteiger partial charge in [0.1, 0.15) is 0 Å². The van der Waals surface area contributed by atoms with Gasteiger partial charge in [-0.15, -0.1) is 11.3 Å². The van der Waals surface area contributed by atoms with Crippen LogP contribution in [0.5, 0.6) is 0 Å². The van der Waals surface area contributed by atoms with Gasteiger partial charge in [0.15, 0.2) is 0 Å². The topological polar surface area (TPSA) is 204 Å². The second-order valence-electron chi connectivity index (χ2n) is 15.6. The van der Waals surface area contributed by atoms with Gasteiger partial charge in [-0.2, -0.15) is 0 Å². The van der Waals surface area contributed by atoms with E-state index in [0.29, 0.717) is 62.1 Å². The molecule has 0 bridgehead atoms. The SMILES string of the molecule is NC(=O)c1cc(-c2ccncc2)cc2c1CCN2C(=O)[C@@H](N)Cc1ccccc1.NC(=O)c1cc(-c2ccncc2)cc2c1CCN2C(=O)[C@H](Cc1ccccc1)NCc1cscn1. The fraction of sp³-hybridized carbons (Fsp3) is 0.180. The van der Waals surface area contributed by atoms with Crippen LogP contribution in [-0.4, -0.2) is 63.8 Å². The van der Waals surface area contributed by atoms with Crippen molar-refractivity contribution in [3.8, 4) is 22.3 Å². The summed E-state index contributed by atoms with van der Waals surface area (Å²) in [7, 11) is 0. The molecule has 2 atom stereocenters. The normalized spacial score (nSPS) is 13.6. The van der Waals surface area contributed by atoms with Crippen molar-refractivity contribution >= 4 is 46.3 Å². The Labute approximate surface area is 375 Å². The highest BCUT2D eigenvalue weighted by atomic mass is 32.1. The van der Waals surface area contributed by atoms with Crippen molar-refractivity contribution < 1.29 is 19.2 Å². The summed E-state index contributed by atoms with van der Waals surface area (Å²) in [6.07, 6.45) is 8.94. The number of nitrogens with one attached hydrogen (secondary N) is 1. The number of rotatable bonds is 13. The maximum absolute atomic E-state index is 13.9. The van der Waals surface area contributed by atoms with Gasteiger partial charge in [-0.05, 0) is 119 Å². The van der Waals surface area contributed by atoms with Gasteiger partial charge in [0, 0.05) is 72.3 Å². The van der Waals surface area contributed by atoms with Gasteiger partial charge in [-0.25, -0.2) is 4.98 Å². The first kappa shape index (κ1) is 43.3. The second-order valence-corrected chi connectivity index (χ2v) is 16.3. The summed E-state index contributed by atoms with van der Waals surface area (Å²) in [5, 5.41) is 5.39. The fourth-order valence-corrected chi connectivity index (χ4v) is 8.88. The molecule has 0 radical (unpaired) electrons. The third-order valence-corrected chi connectivity index (χ3v) is 12.1. The number of pyridine rings is 2. The molecule has 7 N–H and O–H groups in total. The molecule has 7 aromatic rings. The molecule has 13 nitrogen and oxygen atoms in total. The Hall–Kier alpha value is -7.39. The minimum Gasteiger partial charge on any atom is -0.366 e. The summed E-state index contributed by atoms with van der Waals surface area (Å²) in [5.41, 5.74) is 29.8. The molecule has 14 heteroatoms. The van der Waals surface area contributed by atoms with Crippen LogP contribution >= 0.6 is 11.3 Å². The van der Waals surface area contributed by atoms with Gasteiger partial charge >= 0.3 is 0 Å². The lowest BCUT2D eigenvalue weighted by Gasteiger charge is -2.25. The second kappa shape index (κ2) is 19.8. The monoisotopic (exact) mass is 869 g/mol. The Morgan fingerprint density at radius 3 is 1.58 bits per heavy atom. The van der Waals surface area contributed by atoms with E-state index in [1.54, 1.807) is 46.2 Å². The van der Waals surface area contributed by atoms with Crippen LogP contribution < -0.4 is 32.3 Å². The molecule has 0 spiro atoms. The molecule has 2 aliphatic rings. The van der Waals surface area contributed by atoms with Crippen LogP contribution in [0.2, 0.25) is 0 Å². The van der Waals surface area contributed by atoms with Crippen molar-refractivity contribution in [1.29, 1.82) is 0 Å². The molecule has 0 saturated carbocycles. The Kier molecular flexibility index (Phi) is 13.4. The van der Waals surface area contributed by atoms with E-state index in [0.717, 1.165) is 55.9 Å². The number of nitrogens with zero attached hydrogens (tertiary/aromatic N) is 5. The number of nitrogens with two attached hydrogens (primary N) is 3. The number of carbonyl (C=O) groups excluding carboxylic acids is 4. The van der Waals surface area contributed by atoms with Crippen LogP contribution in [-0.2, 0) is 41.8 Å². The lowest BCUT2D eigenvalue weighted by atomic mass is 9.97. The van der Waals surface area contributed by atoms with Crippen molar-refractivity contribution in [2.24, 2.45) is 17.2 Å². The molecule has 0 unspecified atom stereocenters. The molecule has 322 valence electrons. The van der Waals surface area contributed by atoms with Gasteiger partial charge < -0.3 is 27.0 Å². The third kappa shape index (κ3) is 9.79. The van der Waals surface area contributed by atoms with Crippen molar-refractivity contribution in [3.63, 3.8) is 0 Å². The summed E-state index contributed by atoms with van der Waals surface area (Å²) in [5.74, 6) is -1.19. The zero-order valence-corrected chi connectivity index (χ0v) is 35.8. The third-order valence-electron chi connectivity index (χ3n) is 11.5. The van der Waals surface area contributed by atoms with E-state index >= 15 is 0 Å². The first-order valence-electron chi connectivity index (χ1n) is 21.0. The van der Waals surface area contributed by atoms with Crippen LogP contribution in [0.1, 0.15) is 48.7 Å². The standard InChI is InChI=1S/C27H25N5O2S.C23H22N4O2/c28-26(33)23-13-20(19-6-9-29-10-7-19)14-25-22(23)8-11-32(25)27(34)24(12-18-4-2-1-3-5-18)30-15-21-16-35-17-31-21;24-20(12-15-4-2-1-3-5-15)23(29)27-11-8-18-19(22(25)28)13-17(14-21(18)27)16-6-9-26-10-7-16/h1-7,9-10,13-14,16-17,24,30H,8,11-12,15H2,(H2,28,33);1-7,9-10,13-14,20H,8,11-12,24H2,(H2,25,28)/t24-;20-/m00/s1. The van der Waals surface area contributed by atoms with Gasteiger partial charge in [0.25, 0.3) is 0 Å². The van der Waals surface area contributed by atoms with Crippen molar-refractivity contribution in [2.75, 3.05) is 22.9 Å². The molecule has 0 fully saturated rings. The predicted octanol–water partition coefficient (Wildman–Crippen LogP) is 5.90. The molecule has 9 rings (SSSR count). The van der Waals surface area contributed by atoms with E-state index < -0.39 is 23.9 Å². The number of primary amides is 2. The first-order valence-corrected chi connectivity index (χ1v) is 21.9. The molecule has 3 aromatic heterocycles. The van der Waals surface area contributed by atoms with Crippen LogP contribution in [0.3, 0.4) is 0 Å². The maximum Gasteiger partial charge on any atom is 0.249 e. The zero-order valence-electron chi connectivity index (χ0n) is 35.0. The van der Waals surface area contributed by atoms with E-state index in [9.17, 15) is 19.2 Å².